The molecule has 0 radical (unpaired) electrons. The zero-order chi connectivity index (χ0) is 12.5. The maximum absolute atomic E-state index is 5.27. The first kappa shape index (κ1) is 13.9. The van der Waals surface area contributed by atoms with Gasteiger partial charge in [-0.1, -0.05) is 49.1 Å². The third-order valence-corrected chi connectivity index (χ3v) is 4.32. The van der Waals surface area contributed by atoms with Crippen LogP contribution < -0.4 is 0 Å². The fourth-order valence-electron chi connectivity index (χ4n) is 1.60. The van der Waals surface area contributed by atoms with E-state index in [9.17, 15) is 0 Å². The molecule has 0 saturated heterocycles. The Kier molecular flexibility index (Phi) is 6.55. The summed E-state index contributed by atoms with van der Waals surface area (Å²) >= 11 is 0. The van der Waals surface area contributed by atoms with E-state index in [2.05, 4.69) is 30.9 Å². The van der Waals surface area contributed by atoms with Crippen LogP contribution in [0, 0.1) is 0 Å². The summed E-state index contributed by atoms with van der Waals surface area (Å²) in [5.74, 6) is 0. The molecule has 17 heavy (non-hydrogen) atoms. The molecule has 0 atom stereocenters. The molecule has 0 aliphatic rings. The normalized spacial score (nSPS) is 11.2. The Labute approximate surface area is 105 Å². The van der Waals surface area contributed by atoms with Gasteiger partial charge in [0.15, 0.2) is 0 Å². The average molecular weight is 248 g/mol. The standard InChI is InChI=1S/C14H20O2Si/c1-13(17(15-2)16-3)9-7-8-12-14-10-5-4-6-11-14/h4-6,8,10-12,17H,1,7,9H2,2-3H3. The van der Waals surface area contributed by atoms with E-state index in [-0.39, 0.29) is 0 Å². The second-order valence-corrected chi connectivity index (χ2v) is 6.24. The average Bonchev–Trinajstić information content (AvgIpc) is 2.37. The molecule has 92 valence electrons. The summed E-state index contributed by atoms with van der Waals surface area (Å²) in [4.78, 5) is 0. The van der Waals surface area contributed by atoms with Crippen molar-refractivity contribution < 1.29 is 8.85 Å². The monoisotopic (exact) mass is 248 g/mol. The fraction of sp³-hybridized carbons (Fsp3) is 0.286. The molecule has 0 aliphatic heterocycles. The molecule has 0 unspecified atom stereocenters. The molecule has 1 aromatic carbocycles. The Balaban J connectivity index is 2.33. The molecule has 3 heteroatoms. The zero-order valence-corrected chi connectivity index (χ0v) is 11.7. The van der Waals surface area contributed by atoms with Crippen molar-refractivity contribution in [3.63, 3.8) is 0 Å². The lowest BCUT2D eigenvalue weighted by Gasteiger charge is -2.12. The van der Waals surface area contributed by atoms with Gasteiger partial charge in [-0.2, -0.15) is 0 Å². The van der Waals surface area contributed by atoms with Crippen LogP contribution >= 0.6 is 0 Å². The van der Waals surface area contributed by atoms with E-state index in [4.69, 9.17) is 8.85 Å². The SMILES string of the molecule is C=C(CCC=Cc1ccccc1)[SiH](OC)OC. The quantitative estimate of drug-likeness (QED) is 0.690. The van der Waals surface area contributed by atoms with Crippen molar-refractivity contribution in [2.75, 3.05) is 14.2 Å². The lowest BCUT2D eigenvalue weighted by molar-refractivity contribution is 0.286. The summed E-state index contributed by atoms with van der Waals surface area (Å²) in [5.41, 5.74) is 1.23. The zero-order valence-electron chi connectivity index (χ0n) is 10.6. The Morgan fingerprint density at radius 1 is 1.24 bits per heavy atom. The van der Waals surface area contributed by atoms with E-state index in [1.54, 1.807) is 14.2 Å². The Morgan fingerprint density at radius 3 is 2.47 bits per heavy atom. The highest BCUT2D eigenvalue weighted by Crippen LogP contribution is 2.10. The minimum atomic E-state index is -1.63. The highest BCUT2D eigenvalue weighted by molar-refractivity contribution is 6.53. The third-order valence-electron chi connectivity index (χ3n) is 2.50. The first-order valence-electron chi connectivity index (χ1n) is 5.72. The van der Waals surface area contributed by atoms with E-state index in [1.165, 1.54) is 5.56 Å². The molecule has 0 aliphatic carbocycles. The van der Waals surface area contributed by atoms with E-state index < -0.39 is 9.28 Å². The van der Waals surface area contributed by atoms with Gasteiger partial charge in [0, 0.05) is 14.2 Å². The third kappa shape index (κ3) is 5.13. The molecular weight excluding hydrogens is 228 g/mol. The first-order valence-corrected chi connectivity index (χ1v) is 7.24. The second kappa shape index (κ2) is 8.01. The topological polar surface area (TPSA) is 18.5 Å². The Hall–Kier alpha value is -1.16. The predicted octanol–water partition coefficient (Wildman–Crippen LogP) is 3.09. The van der Waals surface area contributed by atoms with Crippen LogP contribution in [0.2, 0.25) is 0 Å². The summed E-state index contributed by atoms with van der Waals surface area (Å²) in [6, 6.07) is 10.3. The molecule has 0 bridgehead atoms. The van der Waals surface area contributed by atoms with Gasteiger partial charge in [-0.25, -0.2) is 0 Å². The van der Waals surface area contributed by atoms with Crippen LogP contribution in [0.1, 0.15) is 18.4 Å². The van der Waals surface area contributed by atoms with Crippen molar-refractivity contribution in [3.05, 3.63) is 53.7 Å². The number of rotatable bonds is 7. The maximum Gasteiger partial charge on any atom is 0.350 e. The maximum atomic E-state index is 5.27. The lowest BCUT2D eigenvalue weighted by atomic mass is 10.2. The predicted molar refractivity (Wildman–Crippen MR) is 75.0 cm³/mol. The highest BCUT2D eigenvalue weighted by Gasteiger charge is 2.12. The molecular formula is C14H20O2Si. The molecule has 0 N–H and O–H groups in total. The summed E-state index contributed by atoms with van der Waals surface area (Å²) < 4.78 is 10.5. The van der Waals surface area contributed by atoms with Gasteiger partial charge in [-0.15, -0.1) is 0 Å². The minimum absolute atomic E-state index is 0.932. The highest BCUT2D eigenvalue weighted by atomic mass is 28.3. The molecule has 2 nitrogen and oxygen atoms in total. The van der Waals surface area contributed by atoms with Crippen LogP contribution in [0.5, 0.6) is 0 Å². The van der Waals surface area contributed by atoms with Crippen LogP contribution in [-0.2, 0) is 8.85 Å². The van der Waals surface area contributed by atoms with Gasteiger partial charge in [0.25, 0.3) is 0 Å². The molecule has 0 amide bonds. The molecule has 0 fully saturated rings. The van der Waals surface area contributed by atoms with E-state index in [0.29, 0.717) is 0 Å². The van der Waals surface area contributed by atoms with Crippen molar-refractivity contribution in [3.8, 4) is 0 Å². The van der Waals surface area contributed by atoms with Crippen molar-refractivity contribution in [1.29, 1.82) is 0 Å². The van der Waals surface area contributed by atoms with E-state index in [0.717, 1.165) is 18.0 Å². The summed E-state index contributed by atoms with van der Waals surface area (Å²) in [6.45, 7) is 4.02. The summed E-state index contributed by atoms with van der Waals surface area (Å²) in [6.07, 6.45) is 6.20. The first-order chi connectivity index (χ1) is 8.27. The Morgan fingerprint density at radius 2 is 1.88 bits per heavy atom. The fourth-order valence-corrected chi connectivity index (χ4v) is 2.86. The van der Waals surface area contributed by atoms with Gasteiger partial charge < -0.3 is 8.85 Å². The van der Waals surface area contributed by atoms with Gasteiger partial charge in [0.1, 0.15) is 0 Å². The van der Waals surface area contributed by atoms with E-state index in [1.807, 2.05) is 18.2 Å². The summed E-state index contributed by atoms with van der Waals surface area (Å²) in [5, 5.41) is 1.10. The molecule has 0 spiro atoms. The number of hydrogen-bond acceptors (Lipinski definition) is 2. The van der Waals surface area contributed by atoms with Crippen molar-refractivity contribution in [2.45, 2.75) is 12.8 Å². The number of allylic oxidation sites excluding steroid dienone is 2. The van der Waals surface area contributed by atoms with Crippen LogP contribution in [0.25, 0.3) is 6.08 Å². The Bertz CT molecular complexity index is 356. The van der Waals surface area contributed by atoms with Crippen LogP contribution in [-0.4, -0.2) is 23.5 Å². The second-order valence-electron chi connectivity index (χ2n) is 3.81. The molecule has 0 heterocycles. The van der Waals surface area contributed by atoms with Crippen LogP contribution in [0.3, 0.4) is 0 Å². The largest absolute Gasteiger partial charge is 0.397 e. The molecule has 1 rings (SSSR count). The van der Waals surface area contributed by atoms with Crippen LogP contribution in [0.15, 0.2) is 48.2 Å². The number of benzene rings is 1. The van der Waals surface area contributed by atoms with Gasteiger partial charge in [0.05, 0.1) is 0 Å². The van der Waals surface area contributed by atoms with Crippen molar-refractivity contribution >= 4 is 15.4 Å². The van der Waals surface area contributed by atoms with Crippen molar-refractivity contribution in [1.82, 2.24) is 0 Å². The van der Waals surface area contributed by atoms with Crippen LogP contribution in [0.4, 0.5) is 0 Å². The lowest BCUT2D eigenvalue weighted by Crippen LogP contribution is -2.21. The van der Waals surface area contributed by atoms with Gasteiger partial charge in [-0.05, 0) is 23.6 Å². The molecule has 0 aromatic heterocycles. The minimum Gasteiger partial charge on any atom is -0.397 e. The number of hydrogen-bond donors (Lipinski definition) is 0. The molecule has 0 saturated carbocycles. The van der Waals surface area contributed by atoms with Gasteiger partial charge in [-0.3, -0.25) is 0 Å². The van der Waals surface area contributed by atoms with Gasteiger partial charge >= 0.3 is 9.28 Å². The van der Waals surface area contributed by atoms with Crippen molar-refractivity contribution in [2.24, 2.45) is 0 Å². The summed E-state index contributed by atoms with van der Waals surface area (Å²) in [7, 11) is 1.74. The van der Waals surface area contributed by atoms with E-state index >= 15 is 0 Å². The van der Waals surface area contributed by atoms with Gasteiger partial charge in [0.2, 0.25) is 0 Å². The smallest absolute Gasteiger partial charge is 0.350 e. The molecule has 1 aromatic rings.